The van der Waals surface area contributed by atoms with E-state index in [1.165, 1.54) is 0 Å². The van der Waals surface area contributed by atoms with Gasteiger partial charge in [-0.05, 0) is 48.2 Å². The Morgan fingerprint density at radius 2 is 1.87 bits per heavy atom. The number of hydrogen-bond donors (Lipinski definition) is 5. The van der Waals surface area contributed by atoms with Crippen LogP contribution in [-0.2, 0) is 22.4 Å². The number of amides is 1. The van der Waals surface area contributed by atoms with E-state index in [1.54, 1.807) is 18.2 Å². The lowest BCUT2D eigenvalue weighted by molar-refractivity contribution is -0.138. The lowest BCUT2D eigenvalue weighted by Crippen LogP contribution is -2.32. The van der Waals surface area contributed by atoms with Crippen molar-refractivity contribution in [2.24, 2.45) is 10.8 Å². The molecule has 1 amide bonds. The number of phenols is 1. The normalized spacial score (nSPS) is 15.8. The fourth-order valence-electron chi connectivity index (χ4n) is 3.65. The zero-order valence-corrected chi connectivity index (χ0v) is 16.6. The van der Waals surface area contributed by atoms with Gasteiger partial charge in [0.2, 0.25) is 0 Å². The first-order valence-electron chi connectivity index (χ1n) is 9.87. The van der Waals surface area contributed by atoms with Crippen LogP contribution in [0.15, 0.2) is 59.2 Å². The van der Waals surface area contributed by atoms with Crippen LogP contribution in [0.4, 0.5) is 0 Å². The summed E-state index contributed by atoms with van der Waals surface area (Å²) in [5.74, 6) is -1.20. The highest BCUT2D eigenvalue weighted by Gasteiger charge is 2.24. The van der Waals surface area contributed by atoms with Gasteiger partial charge in [0, 0.05) is 23.0 Å². The highest BCUT2D eigenvalue weighted by Crippen LogP contribution is 2.27. The number of carbonyl (C=O) groups is 2. The highest BCUT2D eigenvalue weighted by molar-refractivity contribution is 6.27. The van der Waals surface area contributed by atoms with Crippen molar-refractivity contribution in [1.82, 2.24) is 10.4 Å². The Bertz CT molecular complexity index is 1210. The monoisotopic (exact) mass is 418 g/mol. The summed E-state index contributed by atoms with van der Waals surface area (Å²) >= 11 is 0. The number of carboxylic acids is 1. The van der Waals surface area contributed by atoms with Gasteiger partial charge < -0.3 is 20.9 Å². The van der Waals surface area contributed by atoms with Gasteiger partial charge in [0.25, 0.3) is 5.91 Å². The molecule has 8 heteroatoms. The van der Waals surface area contributed by atoms with Gasteiger partial charge in [-0.15, -0.1) is 0 Å². The number of aromatic nitrogens is 1. The zero-order chi connectivity index (χ0) is 22.0. The molecule has 1 aromatic heterocycles. The Labute approximate surface area is 178 Å². The number of aryl methyl sites for hydroxylation is 1. The van der Waals surface area contributed by atoms with Crippen molar-refractivity contribution in [2.75, 3.05) is 0 Å². The van der Waals surface area contributed by atoms with Crippen LogP contribution in [0, 0.1) is 0 Å². The van der Waals surface area contributed by atoms with E-state index in [-0.39, 0.29) is 18.1 Å². The molecule has 8 nitrogen and oxygen atoms in total. The second-order valence-electron chi connectivity index (χ2n) is 7.44. The van der Waals surface area contributed by atoms with Crippen molar-refractivity contribution in [3.05, 3.63) is 70.9 Å². The van der Waals surface area contributed by atoms with Crippen molar-refractivity contribution in [3.8, 4) is 5.75 Å². The van der Waals surface area contributed by atoms with Crippen molar-refractivity contribution < 1.29 is 19.8 Å². The number of aliphatic carboxylic acids is 1. The number of nitrogens with two attached hydrogens (primary N) is 1. The second kappa shape index (κ2) is 8.45. The van der Waals surface area contributed by atoms with Gasteiger partial charge in [-0.3, -0.25) is 9.59 Å². The summed E-state index contributed by atoms with van der Waals surface area (Å²) in [6.45, 7) is 0. The molecular formula is C23H22N4O4. The number of para-hydroxylation sites is 1. The van der Waals surface area contributed by atoms with E-state index >= 15 is 0 Å². The van der Waals surface area contributed by atoms with Gasteiger partial charge in [-0.2, -0.15) is 5.10 Å². The predicted molar refractivity (Wildman–Crippen MR) is 118 cm³/mol. The third-order valence-corrected chi connectivity index (χ3v) is 5.31. The van der Waals surface area contributed by atoms with Crippen molar-refractivity contribution in [3.63, 3.8) is 0 Å². The fourth-order valence-corrected chi connectivity index (χ4v) is 3.65. The van der Waals surface area contributed by atoms with Crippen molar-refractivity contribution >= 4 is 34.6 Å². The number of H-pyrrole nitrogens is 1. The summed E-state index contributed by atoms with van der Waals surface area (Å²) in [5.41, 5.74) is 12.6. The number of aromatic hydroxyl groups is 1. The summed E-state index contributed by atoms with van der Waals surface area (Å²) < 4.78 is 0. The molecule has 0 bridgehead atoms. The van der Waals surface area contributed by atoms with Crippen LogP contribution in [0.1, 0.15) is 23.2 Å². The topological polar surface area (TPSA) is 141 Å². The van der Waals surface area contributed by atoms with Crippen LogP contribution >= 0.6 is 0 Å². The van der Waals surface area contributed by atoms with E-state index in [0.717, 1.165) is 22.0 Å². The molecule has 6 N–H and O–H groups in total. The summed E-state index contributed by atoms with van der Waals surface area (Å²) in [4.78, 5) is 27.0. The number of phenolic OH excluding ortho intramolecular Hbond substituents is 1. The maximum atomic E-state index is 12.4. The quantitative estimate of drug-likeness (QED) is 0.375. The molecule has 1 unspecified atom stereocenters. The summed E-state index contributed by atoms with van der Waals surface area (Å²) in [5, 5.41) is 23.7. The molecule has 0 radical (unpaired) electrons. The Morgan fingerprint density at radius 1 is 1.13 bits per heavy atom. The van der Waals surface area contributed by atoms with Crippen LogP contribution in [0.5, 0.6) is 5.75 Å². The Morgan fingerprint density at radius 3 is 2.61 bits per heavy atom. The molecule has 3 aromatic rings. The number of fused-ring (bicyclic) bond motifs is 1. The zero-order valence-electron chi connectivity index (χ0n) is 16.6. The average molecular weight is 418 g/mol. The van der Waals surface area contributed by atoms with Crippen molar-refractivity contribution in [2.45, 2.75) is 25.3 Å². The number of benzene rings is 2. The minimum Gasteiger partial charge on any atom is -0.508 e. The molecule has 1 aliphatic heterocycles. The molecule has 2 aromatic carbocycles. The van der Waals surface area contributed by atoms with E-state index in [0.29, 0.717) is 29.8 Å². The number of carboxylic acid groups (broad SMARTS) is 1. The molecule has 158 valence electrons. The van der Waals surface area contributed by atoms with Gasteiger partial charge in [0.05, 0.1) is 11.3 Å². The third-order valence-electron chi connectivity index (χ3n) is 5.31. The molecule has 4 rings (SSSR count). The molecule has 31 heavy (non-hydrogen) atoms. The molecule has 0 saturated heterocycles. The average Bonchev–Trinajstić information content (AvgIpc) is 3.28. The van der Waals surface area contributed by atoms with Gasteiger partial charge in [0.1, 0.15) is 11.8 Å². The van der Waals surface area contributed by atoms with Crippen LogP contribution < -0.4 is 11.2 Å². The lowest BCUT2D eigenvalue weighted by atomic mass is 9.98. The van der Waals surface area contributed by atoms with E-state index in [1.807, 2.05) is 36.4 Å². The van der Waals surface area contributed by atoms with Crippen LogP contribution in [0.3, 0.4) is 0 Å². The summed E-state index contributed by atoms with van der Waals surface area (Å²) in [6.07, 6.45) is 3.01. The predicted octanol–water partition coefficient (Wildman–Crippen LogP) is 2.33. The summed E-state index contributed by atoms with van der Waals surface area (Å²) in [7, 11) is 0. The molecule has 0 fully saturated rings. The molecule has 2 heterocycles. The number of hydrazone groups is 1. The summed E-state index contributed by atoms with van der Waals surface area (Å²) in [6, 6.07) is 13.4. The number of rotatable bonds is 7. The number of nitrogens with one attached hydrogen (secondary N) is 2. The Balaban J connectivity index is 1.65. The molecule has 0 aliphatic carbocycles. The maximum absolute atomic E-state index is 12.4. The van der Waals surface area contributed by atoms with Gasteiger partial charge in [-0.25, -0.2) is 5.43 Å². The van der Waals surface area contributed by atoms with Crippen LogP contribution in [0.25, 0.3) is 17.0 Å². The van der Waals surface area contributed by atoms with Gasteiger partial charge >= 0.3 is 5.97 Å². The van der Waals surface area contributed by atoms with Gasteiger partial charge in [-0.1, -0.05) is 30.3 Å². The van der Waals surface area contributed by atoms with E-state index in [4.69, 9.17) is 5.73 Å². The maximum Gasteiger partial charge on any atom is 0.320 e. The number of hydrogen-bond acceptors (Lipinski definition) is 5. The molecule has 1 atom stereocenters. The second-order valence-corrected chi connectivity index (χ2v) is 7.44. The Kier molecular flexibility index (Phi) is 5.55. The highest BCUT2D eigenvalue weighted by atomic mass is 16.4. The first kappa shape index (κ1) is 20.4. The standard InChI is InChI=1S/C23H22N4O4/c24-18(23(30)31)11-16-15-3-1-2-4-19(15)25-21(16)12-17-20(26-27-22(17)29)10-7-13-5-8-14(28)9-6-13/h1-6,8-9,12,18,25,28H,7,10-11,24H2,(H,27,29)(H,30,31)/b17-12-. The Hall–Kier alpha value is -3.91. The number of nitrogens with zero attached hydrogens (tertiary/aromatic N) is 1. The SMILES string of the molecule is NC(Cc1c(/C=C2\C(=O)NN=C2CCc2ccc(O)cc2)[nH]c2ccccc12)C(=O)O. The molecule has 1 aliphatic rings. The van der Waals surface area contributed by atoms with Crippen LogP contribution in [-0.4, -0.2) is 38.8 Å². The smallest absolute Gasteiger partial charge is 0.320 e. The van der Waals surface area contributed by atoms with E-state index < -0.39 is 12.0 Å². The minimum atomic E-state index is -1.08. The van der Waals surface area contributed by atoms with Gasteiger partial charge in [0.15, 0.2) is 0 Å². The van der Waals surface area contributed by atoms with Crippen molar-refractivity contribution in [1.29, 1.82) is 0 Å². The minimum absolute atomic E-state index is 0.125. The fraction of sp³-hybridized carbons (Fsp3) is 0.174. The lowest BCUT2D eigenvalue weighted by Gasteiger charge is -2.08. The third kappa shape index (κ3) is 4.34. The first-order valence-corrected chi connectivity index (χ1v) is 9.87. The first-order chi connectivity index (χ1) is 14.9. The molecular weight excluding hydrogens is 396 g/mol. The van der Waals surface area contributed by atoms with Crippen LogP contribution in [0.2, 0.25) is 0 Å². The number of aromatic amines is 1. The molecule has 0 saturated carbocycles. The van der Waals surface area contributed by atoms with E-state index in [2.05, 4.69) is 15.5 Å². The molecule has 0 spiro atoms. The number of carbonyl (C=O) groups excluding carboxylic acids is 1. The largest absolute Gasteiger partial charge is 0.508 e. The van der Waals surface area contributed by atoms with E-state index in [9.17, 15) is 19.8 Å².